The van der Waals surface area contributed by atoms with E-state index in [2.05, 4.69) is 5.32 Å². The molecule has 1 amide bonds. The molecule has 0 aromatic heterocycles. The van der Waals surface area contributed by atoms with Crippen molar-refractivity contribution < 1.29 is 14.3 Å². The summed E-state index contributed by atoms with van der Waals surface area (Å²) in [5.41, 5.74) is 1.33. The number of amides is 1. The second-order valence-corrected chi connectivity index (χ2v) is 6.18. The van der Waals surface area contributed by atoms with Crippen molar-refractivity contribution in [3.05, 3.63) is 56.5 Å². The summed E-state index contributed by atoms with van der Waals surface area (Å²) in [6.45, 7) is 0.543. The molecule has 0 spiro atoms. The fourth-order valence-corrected chi connectivity index (χ4v) is 3.00. The fourth-order valence-electron chi connectivity index (χ4n) is 2.24. The lowest BCUT2D eigenvalue weighted by Gasteiger charge is -2.08. The minimum Gasteiger partial charge on any atom is -0.454 e. The van der Waals surface area contributed by atoms with Crippen LogP contribution in [0.15, 0.2) is 30.3 Å². The van der Waals surface area contributed by atoms with Gasteiger partial charge in [0.25, 0.3) is 5.91 Å². The van der Waals surface area contributed by atoms with Gasteiger partial charge in [-0.15, -0.1) is 0 Å². The Labute approximate surface area is 148 Å². The SMILES string of the molecule is O=C(NCCc1ccc(Cl)cc1Cl)c1cc(Cl)c2c(c1)OCO2. The number of halogens is 3. The lowest BCUT2D eigenvalue weighted by atomic mass is 10.1. The predicted molar refractivity (Wildman–Crippen MR) is 90.1 cm³/mol. The number of carbonyl (C=O) groups excluding carboxylic acids is 1. The summed E-state index contributed by atoms with van der Waals surface area (Å²) in [7, 11) is 0. The van der Waals surface area contributed by atoms with Crippen LogP contribution in [0.2, 0.25) is 15.1 Å². The van der Waals surface area contributed by atoms with Crippen molar-refractivity contribution in [3.8, 4) is 11.5 Å². The number of fused-ring (bicyclic) bond motifs is 1. The molecule has 1 aliphatic heterocycles. The second kappa shape index (κ2) is 6.87. The molecule has 2 aromatic rings. The molecule has 120 valence electrons. The van der Waals surface area contributed by atoms with Gasteiger partial charge in [0.2, 0.25) is 6.79 Å². The zero-order chi connectivity index (χ0) is 16.4. The van der Waals surface area contributed by atoms with E-state index in [1.54, 1.807) is 24.3 Å². The molecular weight excluding hydrogens is 361 g/mol. The van der Waals surface area contributed by atoms with Gasteiger partial charge in [-0.2, -0.15) is 0 Å². The highest BCUT2D eigenvalue weighted by molar-refractivity contribution is 6.35. The third-order valence-corrected chi connectivity index (χ3v) is 4.25. The van der Waals surface area contributed by atoms with E-state index in [9.17, 15) is 4.79 Å². The van der Waals surface area contributed by atoms with E-state index in [1.807, 2.05) is 6.07 Å². The minimum absolute atomic E-state index is 0.106. The van der Waals surface area contributed by atoms with Gasteiger partial charge in [-0.1, -0.05) is 40.9 Å². The molecule has 0 fully saturated rings. The van der Waals surface area contributed by atoms with Crippen LogP contribution in [0.5, 0.6) is 11.5 Å². The number of carbonyl (C=O) groups is 1. The molecule has 1 N–H and O–H groups in total. The van der Waals surface area contributed by atoms with Crippen LogP contribution in [0.1, 0.15) is 15.9 Å². The smallest absolute Gasteiger partial charge is 0.251 e. The van der Waals surface area contributed by atoms with E-state index in [-0.39, 0.29) is 12.7 Å². The Morgan fingerprint density at radius 1 is 1.09 bits per heavy atom. The van der Waals surface area contributed by atoms with Crippen molar-refractivity contribution in [2.45, 2.75) is 6.42 Å². The summed E-state index contributed by atoms with van der Waals surface area (Å²) in [5.74, 6) is 0.704. The number of ether oxygens (including phenoxy) is 2. The van der Waals surface area contributed by atoms with Crippen molar-refractivity contribution in [1.29, 1.82) is 0 Å². The molecule has 0 aliphatic carbocycles. The van der Waals surface area contributed by atoms with Crippen molar-refractivity contribution in [1.82, 2.24) is 5.32 Å². The van der Waals surface area contributed by atoms with E-state index < -0.39 is 0 Å². The summed E-state index contributed by atoms with van der Waals surface area (Å²) in [4.78, 5) is 12.2. The summed E-state index contributed by atoms with van der Waals surface area (Å²) < 4.78 is 10.5. The van der Waals surface area contributed by atoms with E-state index in [0.717, 1.165) is 5.56 Å². The van der Waals surface area contributed by atoms with E-state index in [4.69, 9.17) is 44.3 Å². The van der Waals surface area contributed by atoms with E-state index >= 15 is 0 Å². The Hall–Kier alpha value is -1.62. The first kappa shape index (κ1) is 16.2. The third-order valence-electron chi connectivity index (χ3n) is 3.38. The van der Waals surface area contributed by atoms with Crippen LogP contribution >= 0.6 is 34.8 Å². The Morgan fingerprint density at radius 2 is 1.91 bits per heavy atom. The molecule has 2 aromatic carbocycles. The van der Waals surface area contributed by atoms with Crippen LogP contribution in [0.4, 0.5) is 0 Å². The second-order valence-electron chi connectivity index (χ2n) is 4.93. The number of hydrogen-bond acceptors (Lipinski definition) is 3. The Balaban J connectivity index is 1.63. The first-order valence-corrected chi connectivity index (χ1v) is 7.99. The lowest BCUT2D eigenvalue weighted by molar-refractivity contribution is 0.0953. The van der Waals surface area contributed by atoms with Crippen LogP contribution in [0, 0.1) is 0 Å². The van der Waals surface area contributed by atoms with E-state index in [1.165, 1.54) is 0 Å². The van der Waals surface area contributed by atoms with Crippen LogP contribution in [-0.2, 0) is 6.42 Å². The molecule has 0 atom stereocenters. The lowest BCUT2D eigenvalue weighted by Crippen LogP contribution is -2.25. The highest BCUT2D eigenvalue weighted by Crippen LogP contribution is 2.39. The first-order chi connectivity index (χ1) is 11.0. The van der Waals surface area contributed by atoms with Crippen molar-refractivity contribution in [2.75, 3.05) is 13.3 Å². The standard InChI is InChI=1S/C16H12Cl3NO3/c17-11-2-1-9(12(18)7-11)3-4-20-16(21)10-5-13(19)15-14(6-10)22-8-23-15/h1-2,5-7H,3-4,8H2,(H,20,21). The van der Waals surface area contributed by atoms with Crippen molar-refractivity contribution in [3.63, 3.8) is 0 Å². The molecule has 0 radical (unpaired) electrons. The third kappa shape index (κ3) is 3.66. The molecule has 0 bridgehead atoms. The average molecular weight is 373 g/mol. The Morgan fingerprint density at radius 3 is 2.70 bits per heavy atom. The predicted octanol–water partition coefficient (Wildman–Crippen LogP) is 4.35. The average Bonchev–Trinajstić information content (AvgIpc) is 2.98. The summed E-state index contributed by atoms with van der Waals surface area (Å²) >= 11 is 18.0. The summed E-state index contributed by atoms with van der Waals surface area (Å²) in [5, 5.41) is 4.34. The number of hydrogen-bond donors (Lipinski definition) is 1. The maximum Gasteiger partial charge on any atom is 0.251 e. The first-order valence-electron chi connectivity index (χ1n) is 6.86. The number of nitrogens with one attached hydrogen (secondary N) is 1. The number of benzene rings is 2. The van der Waals surface area contributed by atoms with Gasteiger partial charge in [0.15, 0.2) is 11.5 Å². The van der Waals surface area contributed by atoms with Gasteiger partial charge >= 0.3 is 0 Å². The van der Waals surface area contributed by atoms with Gasteiger partial charge in [0.1, 0.15) is 0 Å². The van der Waals surface area contributed by atoms with E-state index in [0.29, 0.717) is 45.1 Å². The zero-order valence-corrected chi connectivity index (χ0v) is 14.1. The molecule has 0 saturated carbocycles. The Bertz CT molecular complexity index is 764. The highest BCUT2D eigenvalue weighted by atomic mass is 35.5. The fraction of sp³-hybridized carbons (Fsp3) is 0.188. The number of rotatable bonds is 4. The van der Waals surface area contributed by atoms with Gasteiger partial charge in [0, 0.05) is 22.2 Å². The molecule has 0 saturated heterocycles. The van der Waals surface area contributed by atoms with Crippen LogP contribution in [0.25, 0.3) is 0 Å². The quantitative estimate of drug-likeness (QED) is 0.868. The molecule has 7 heteroatoms. The Kier molecular flexibility index (Phi) is 4.85. The summed E-state index contributed by atoms with van der Waals surface area (Å²) in [6, 6.07) is 8.45. The monoisotopic (exact) mass is 371 g/mol. The molecular formula is C16H12Cl3NO3. The molecule has 0 unspecified atom stereocenters. The maximum atomic E-state index is 12.2. The van der Waals surface area contributed by atoms with Gasteiger partial charge < -0.3 is 14.8 Å². The van der Waals surface area contributed by atoms with Crippen molar-refractivity contribution in [2.24, 2.45) is 0 Å². The molecule has 1 heterocycles. The van der Waals surface area contributed by atoms with Crippen LogP contribution in [0.3, 0.4) is 0 Å². The van der Waals surface area contributed by atoms with Crippen molar-refractivity contribution >= 4 is 40.7 Å². The van der Waals surface area contributed by atoms with Gasteiger partial charge in [0.05, 0.1) is 5.02 Å². The van der Waals surface area contributed by atoms with Gasteiger partial charge in [-0.3, -0.25) is 4.79 Å². The normalized spacial score (nSPS) is 12.3. The maximum absolute atomic E-state index is 12.2. The molecule has 3 rings (SSSR count). The zero-order valence-electron chi connectivity index (χ0n) is 11.9. The molecule has 4 nitrogen and oxygen atoms in total. The van der Waals surface area contributed by atoms with Gasteiger partial charge in [-0.05, 0) is 36.2 Å². The van der Waals surface area contributed by atoms with Crippen LogP contribution < -0.4 is 14.8 Å². The molecule has 23 heavy (non-hydrogen) atoms. The summed E-state index contributed by atoms with van der Waals surface area (Å²) in [6.07, 6.45) is 0.597. The van der Waals surface area contributed by atoms with Gasteiger partial charge in [-0.25, -0.2) is 0 Å². The minimum atomic E-state index is -0.240. The molecule has 1 aliphatic rings. The largest absolute Gasteiger partial charge is 0.454 e. The van der Waals surface area contributed by atoms with Crippen LogP contribution in [-0.4, -0.2) is 19.2 Å². The topological polar surface area (TPSA) is 47.6 Å². The highest BCUT2D eigenvalue weighted by Gasteiger charge is 2.20.